The molecule has 4 rings (SSSR count). The van der Waals surface area contributed by atoms with Crippen LogP contribution in [0.15, 0.2) is 29.3 Å². The zero-order valence-corrected chi connectivity index (χ0v) is 13.1. The van der Waals surface area contributed by atoms with Gasteiger partial charge in [-0.05, 0) is 17.7 Å². The second-order valence-corrected chi connectivity index (χ2v) is 6.57. The molecule has 0 bridgehead atoms. The number of nitrogens with zero attached hydrogens (tertiary/aromatic N) is 3. The van der Waals surface area contributed by atoms with E-state index in [2.05, 4.69) is 17.1 Å². The quantitative estimate of drug-likeness (QED) is 0.844. The van der Waals surface area contributed by atoms with Crippen molar-refractivity contribution in [2.24, 2.45) is 21.6 Å². The van der Waals surface area contributed by atoms with Crippen LogP contribution in [0, 0.1) is 33.5 Å². The molecule has 23 heavy (non-hydrogen) atoms. The third kappa shape index (κ3) is 1.16. The van der Waals surface area contributed by atoms with Crippen LogP contribution in [0.5, 0.6) is 0 Å². The number of amidine groups is 1. The summed E-state index contributed by atoms with van der Waals surface area (Å²) in [5.74, 6) is -1.45. The predicted octanol–water partition coefficient (Wildman–Crippen LogP) is 1.70. The monoisotopic (exact) mass is 328 g/mol. The maximum atomic E-state index is 10.0. The first-order valence-electron chi connectivity index (χ1n) is 7.18. The fraction of sp³-hybridized carbons (Fsp3) is 0.438. The topological polar surface area (TPSA) is 104 Å². The van der Waals surface area contributed by atoms with Crippen molar-refractivity contribution in [1.29, 1.82) is 10.5 Å². The van der Waals surface area contributed by atoms with Gasteiger partial charge in [0.2, 0.25) is 0 Å². The van der Waals surface area contributed by atoms with Gasteiger partial charge >= 0.3 is 0 Å². The predicted molar refractivity (Wildman–Crippen MR) is 81.2 cm³/mol. The third-order valence-corrected chi connectivity index (χ3v) is 5.78. The van der Waals surface area contributed by atoms with Crippen LogP contribution in [-0.2, 0) is 14.9 Å². The molecule has 1 aromatic rings. The SMILES string of the molecule is C[C@]1(c2cccc(Cl)c2)[C@]2(C#N)C(N)=NC3(OCCO3)[C@@]21C#N. The minimum atomic E-state index is -1.53. The first kappa shape index (κ1) is 14.5. The molecule has 1 saturated carbocycles. The van der Waals surface area contributed by atoms with E-state index >= 15 is 0 Å². The number of nitriles is 2. The van der Waals surface area contributed by atoms with E-state index in [4.69, 9.17) is 26.8 Å². The van der Waals surface area contributed by atoms with E-state index < -0.39 is 22.2 Å². The molecule has 7 heteroatoms. The van der Waals surface area contributed by atoms with Gasteiger partial charge in [-0.2, -0.15) is 10.5 Å². The zero-order valence-electron chi connectivity index (χ0n) is 12.3. The molecule has 1 aliphatic carbocycles. The van der Waals surface area contributed by atoms with Crippen LogP contribution in [0.4, 0.5) is 0 Å². The molecule has 2 aliphatic heterocycles. The summed E-state index contributed by atoms with van der Waals surface area (Å²) in [6.45, 7) is 2.42. The molecular formula is C16H13ClN4O2. The average Bonchev–Trinajstić information content (AvgIpc) is 2.82. The van der Waals surface area contributed by atoms with Crippen molar-refractivity contribution in [3.05, 3.63) is 34.9 Å². The number of ether oxygens (including phenoxy) is 2. The Balaban J connectivity index is 2.02. The number of hydrogen-bond acceptors (Lipinski definition) is 6. The molecular weight excluding hydrogens is 316 g/mol. The van der Waals surface area contributed by atoms with Crippen molar-refractivity contribution in [3.8, 4) is 12.1 Å². The lowest BCUT2D eigenvalue weighted by Crippen LogP contribution is -2.42. The second-order valence-electron chi connectivity index (χ2n) is 6.13. The summed E-state index contributed by atoms with van der Waals surface area (Å²) in [4.78, 5) is 4.25. The van der Waals surface area contributed by atoms with E-state index in [0.717, 1.165) is 5.56 Å². The van der Waals surface area contributed by atoms with Gasteiger partial charge in [-0.1, -0.05) is 30.7 Å². The molecule has 3 atom stereocenters. The van der Waals surface area contributed by atoms with Crippen LogP contribution in [0.2, 0.25) is 5.02 Å². The van der Waals surface area contributed by atoms with Gasteiger partial charge in [0.15, 0.2) is 10.8 Å². The van der Waals surface area contributed by atoms with Crippen LogP contribution >= 0.6 is 11.6 Å². The lowest BCUT2D eigenvalue weighted by atomic mass is 9.85. The van der Waals surface area contributed by atoms with Gasteiger partial charge in [0, 0.05) is 10.4 Å². The molecule has 0 unspecified atom stereocenters. The van der Waals surface area contributed by atoms with Crippen LogP contribution < -0.4 is 5.73 Å². The Morgan fingerprint density at radius 3 is 2.52 bits per heavy atom. The number of benzene rings is 1. The van der Waals surface area contributed by atoms with Gasteiger partial charge in [-0.15, -0.1) is 0 Å². The van der Waals surface area contributed by atoms with Gasteiger partial charge in [-0.25, -0.2) is 4.99 Å². The number of halogens is 1. The van der Waals surface area contributed by atoms with Gasteiger partial charge in [-0.3, -0.25) is 0 Å². The molecule has 1 aromatic carbocycles. The van der Waals surface area contributed by atoms with Gasteiger partial charge in [0.1, 0.15) is 5.84 Å². The van der Waals surface area contributed by atoms with E-state index in [1.807, 2.05) is 13.0 Å². The Kier molecular flexibility index (Phi) is 2.54. The number of hydrogen-bond donors (Lipinski definition) is 1. The van der Waals surface area contributed by atoms with Crippen LogP contribution in [0.1, 0.15) is 12.5 Å². The molecule has 116 valence electrons. The fourth-order valence-electron chi connectivity index (χ4n) is 4.48. The van der Waals surface area contributed by atoms with E-state index in [1.54, 1.807) is 18.2 Å². The van der Waals surface area contributed by atoms with E-state index in [-0.39, 0.29) is 5.84 Å². The third-order valence-electron chi connectivity index (χ3n) is 5.54. The maximum Gasteiger partial charge on any atom is 0.293 e. The Morgan fingerprint density at radius 1 is 1.26 bits per heavy atom. The van der Waals surface area contributed by atoms with E-state index in [9.17, 15) is 10.5 Å². The number of fused-ring (bicyclic) bond motifs is 2. The lowest BCUT2D eigenvalue weighted by Gasteiger charge is -2.29. The highest BCUT2D eigenvalue weighted by Crippen LogP contribution is 2.85. The molecule has 3 aliphatic rings. The molecule has 0 aromatic heterocycles. The minimum absolute atomic E-state index is 0.0749. The number of nitrogens with two attached hydrogens (primary N) is 1. The van der Waals surface area contributed by atoms with Crippen molar-refractivity contribution in [3.63, 3.8) is 0 Å². The molecule has 6 nitrogen and oxygen atoms in total. The van der Waals surface area contributed by atoms with Crippen LogP contribution in [0.25, 0.3) is 0 Å². The molecule has 2 heterocycles. The van der Waals surface area contributed by atoms with Gasteiger partial charge in [0.25, 0.3) is 5.91 Å². The summed E-state index contributed by atoms with van der Waals surface area (Å²) in [6.07, 6.45) is 0. The molecule has 2 N–H and O–H groups in total. The molecule has 0 amide bonds. The Hall–Kier alpha value is -2.12. The highest BCUT2D eigenvalue weighted by Gasteiger charge is 3.00. The van der Waals surface area contributed by atoms with Crippen molar-refractivity contribution < 1.29 is 9.47 Å². The lowest BCUT2D eigenvalue weighted by molar-refractivity contribution is -0.187. The summed E-state index contributed by atoms with van der Waals surface area (Å²) < 4.78 is 11.4. The molecule has 0 radical (unpaired) electrons. The van der Waals surface area contributed by atoms with Crippen molar-refractivity contribution >= 4 is 17.4 Å². The fourth-order valence-corrected chi connectivity index (χ4v) is 4.67. The Bertz CT molecular complexity index is 835. The molecule has 1 spiro atoms. The summed E-state index contributed by atoms with van der Waals surface area (Å²) in [7, 11) is 0. The number of aliphatic imine (C=N–C) groups is 1. The van der Waals surface area contributed by atoms with Gasteiger partial charge in [0.05, 0.1) is 25.4 Å². The van der Waals surface area contributed by atoms with Crippen LogP contribution in [-0.4, -0.2) is 25.0 Å². The standard InChI is InChI=1S/C16H13ClN4O2/c1-13(10-3-2-4-11(17)7-10)14(8-18)12(20)21-16(15(13,14)9-19)22-5-6-23-16/h2-4,7H,5-6H2,1H3,(H2,20,21)/t13-,14-,15+/m0/s1. The smallest absolute Gasteiger partial charge is 0.293 e. The molecule has 2 fully saturated rings. The molecule has 1 saturated heterocycles. The van der Waals surface area contributed by atoms with E-state index in [0.29, 0.717) is 18.2 Å². The summed E-state index contributed by atoms with van der Waals surface area (Å²) in [6, 6.07) is 11.6. The highest BCUT2D eigenvalue weighted by molar-refractivity contribution is 6.30. The summed E-state index contributed by atoms with van der Waals surface area (Å²) >= 11 is 6.11. The average molecular weight is 329 g/mol. The van der Waals surface area contributed by atoms with Crippen molar-refractivity contribution in [2.45, 2.75) is 18.2 Å². The van der Waals surface area contributed by atoms with Crippen LogP contribution in [0.3, 0.4) is 0 Å². The normalized spacial score (nSPS) is 39.4. The minimum Gasteiger partial charge on any atom is -0.386 e. The second kappa shape index (κ2) is 4.04. The van der Waals surface area contributed by atoms with Gasteiger partial charge < -0.3 is 15.2 Å². The maximum absolute atomic E-state index is 10.0. The van der Waals surface area contributed by atoms with Crippen molar-refractivity contribution in [2.75, 3.05) is 13.2 Å². The summed E-state index contributed by atoms with van der Waals surface area (Å²) in [5, 5.41) is 20.5. The zero-order chi connectivity index (χ0) is 16.5. The summed E-state index contributed by atoms with van der Waals surface area (Å²) in [5.41, 5.74) is 3.29. The van der Waals surface area contributed by atoms with E-state index in [1.165, 1.54) is 0 Å². The Labute approximate surface area is 138 Å². The first-order valence-corrected chi connectivity index (χ1v) is 7.56. The first-order chi connectivity index (χ1) is 11.0. The number of rotatable bonds is 1. The highest BCUT2D eigenvalue weighted by atomic mass is 35.5. The largest absolute Gasteiger partial charge is 0.386 e. The Morgan fingerprint density at radius 2 is 1.96 bits per heavy atom. The van der Waals surface area contributed by atoms with Crippen molar-refractivity contribution in [1.82, 2.24) is 0 Å².